The van der Waals surface area contributed by atoms with Crippen LogP contribution in [0.2, 0.25) is 0 Å². The Hall–Kier alpha value is -2.36. The number of hydrogen-bond acceptors (Lipinski definition) is 3. The zero-order chi connectivity index (χ0) is 12.4. The lowest BCUT2D eigenvalue weighted by Gasteiger charge is -2.06. The van der Waals surface area contributed by atoms with E-state index in [1.807, 2.05) is 0 Å². The fourth-order valence-corrected chi connectivity index (χ4v) is 1.78. The molecule has 0 saturated carbocycles. The highest BCUT2D eigenvalue weighted by atomic mass is 16.5. The summed E-state index contributed by atoms with van der Waals surface area (Å²) in [5.41, 5.74) is 0.543. The van der Waals surface area contributed by atoms with Crippen molar-refractivity contribution in [3.63, 3.8) is 0 Å². The summed E-state index contributed by atoms with van der Waals surface area (Å²) < 4.78 is 4.66. The molecule has 0 aromatic heterocycles. The van der Waals surface area contributed by atoms with Crippen LogP contribution in [0.25, 0.3) is 10.8 Å². The third-order valence-electron chi connectivity index (χ3n) is 2.56. The van der Waals surface area contributed by atoms with Crippen LogP contribution in [-0.4, -0.2) is 24.2 Å². The van der Waals surface area contributed by atoms with Crippen molar-refractivity contribution >= 4 is 22.7 Å². The van der Waals surface area contributed by atoms with Gasteiger partial charge in [0.15, 0.2) is 0 Å². The molecule has 86 valence electrons. The van der Waals surface area contributed by atoms with Gasteiger partial charge in [0.25, 0.3) is 0 Å². The maximum absolute atomic E-state index is 11.5. The summed E-state index contributed by atoms with van der Waals surface area (Å²) in [5, 5.41) is 10.2. The summed E-state index contributed by atoms with van der Waals surface area (Å²) in [6, 6.07) is 9.74. The van der Waals surface area contributed by atoms with E-state index in [-0.39, 0.29) is 5.56 Å². The topological polar surface area (TPSA) is 63.6 Å². The van der Waals surface area contributed by atoms with Crippen molar-refractivity contribution < 1.29 is 19.4 Å². The average Bonchev–Trinajstić information content (AvgIpc) is 2.36. The van der Waals surface area contributed by atoms with Crippen LogP contribution in [0, 0.1) is 0 Å². The fourth-order valence-electron chi connectivity index (χ4n) is 1.78. The SMILES string of the molecule is COC(=O)c1cccc2c(C(=O)O)cccc12. The Bertz CT molecular complexity index is 601. The highest BCUT2D eigenvalue weighted by Gasteiger charge is 2.13. The molecule has 0 atom stereocenters. The van der Waals surface area contributed by atoms with E-state index in [4.69, 9.17) is 5.11 Å². The van der Waals surface area contributed by atoms with Crippen LogP contribution in [0.15, 0.2) is 36.4 Å². The lowest BCUT2D eigenvalue weighted by molar-refractivity contribution is 0.0601. The average molecular weight is 230 g/mol. The number of hydrogen-bond donors (Lipinski definition) is 1. The molecule has 17 heavy (non-hydrogen) atoms. The maximum atomic E-state index is 11.5. The number of methoxy groups -OCH3 is 1. The Morgan fingerprint density at radius 3 is 2.06 bits per heavy atom. The van der Waals surface area contributed by atoms with Gasteiger partial charge >= 0.3 is 11.9 Å². The minimum absolute atomic E-state index is 0.174. The van der Waals surface area contributed by atoms with Gasteiger partial charge in [-0.25, -0.2) is 9.59 Å². The highest BCUT2D eigenvalue weighted by molar-refractivity contribution is 6.10. The van der Waals surface area contributed by atoms with Gasteiger partial charge in [0, 0.05) is 0 Å². The number of carboxylic acids is 1. The van der Waals surface area contributed by atoms with Crippen LogP contribution >= 0.6 is 0 Å². The van der Waals surface area contributed by atoms with E-state index >= 15 is 0 Å². The second kappa shape index (κ2) is 4.25. The van der Waals surface area contributed by atoms with Crippen LogP contribution in [0.4, 0.5) is 0 Å². The first-order valence-electron chi connectivity index (χ1n) is 4.98. The molecule has 0 unspecified atom stereocenters. The van der Waals surface area contributed by atoms with E-state index < -0.39 is 11.9 Å². The summed E-state index contributed by atoms with van der Waals surface area (Å²) in [7, 11) is 1.29. The van der Waals surface area contributed by atoms with E-state index in [0.717, 1.165) is 0 Å². The Balaban J connectivity index is 2.79. The predicted molar refractivity (Wildman–Crippen MR) is 62.2 cm³/mol. The van der Waals surface area contributed by atoms with Crippen LogP contribution in [0.5, 0.6) is 0 Å². The van der Waals surface area contributed by atoms with Crippen LogP contribution in [-0.2, 0) is 4.74 Å². The second-order valence-electron chi connectivity index (χ2n) is 3.50. The zero-order valence-corrected chi connectivity index (χ0v) is 9.14. The summed E-state index contributed by atoms with van der Waals surface area (Å²) in [6.45, 7) is 0. The summed E-state index contributed by atoms with van der Waals surface area (Å²) >= 11 is 0. The summed E-state index contributed by atoms with van der Waals surface area (Å²) in [6.07, 6.45) is 0. The minimum Gasteiger partial charge on any atom is -0.478 e. The van der Waals surface area contributed by atoms with Crippen molar-refractivity contribution in [2.24, 2.45) is 0 Å². The van der Waals surface area contributed by atoms with Crippen molar-refractivity contribution in [2.45, 2.75) is 0 Å². The van der Waals surface area contributed by atoms with E-state index in [2.05, 4.69) is 4.74 Å². The molecule has 0 spiro atoms. The molecule has 2 rings (SSSR count). The minimum atomic E-state index is -1.02. The van der Waals surface area contributed by atoms with Gasteiger partial charge in [-0.05, 0) is 22.9 Å². The molecule has 4 nitrogen and oxygen atoms in total. The summed E-state index contributed by atoms with van der Waals surface area (Å²) in [4.78, 5) is 22.6. The first kappa shape index (κ1) is 11.1. The normalized spacial score (nSPS) is 10.2. The lowest BCUT2D eigenvalue weighted by Crippen LogP contribution is -2.04. The molecule has 0 fully saturated rings. The van der Waals surface area contributed by atoms with Gasteiger partial charge in [0.05, 0.1) is 18.2 Å². The molecule has 0 aliphatic heterocycles. The number of fused-ring (bicyclic) bond motifs is 1. The largest absolute Gasteiger partial charge is 0.478 e. The fraction of sp³-hybridized carbons (Fsp3) is 0.0769. The van der Waals surface area contributed by atoms with Gasteiger partial charge < -0.3 is 9.84 Å². The van der Waals surface area contributed by atoms with Crippen LogP contribution in [0.3, 0.4) is 0 Å². The Morgan fingerprint density at radius 1 is 1.00 bits per heavy atom. The van der Waals surface area contributed by atoms with E-state index in [1.54, 1.807) is 30.3 Å². The van der Waals surface area contributed by atoms with E-state index in [9.17, 15) is 9.59 Å². The zero-order valence-electron chi connectivity index (χ0n) is 9.14. The molecule has 0 amide bonds. The van der Waals surface area contributed by atoms with Crippen LogP contribution in [0.1, 0.15) is 20.7 Å². The number of carboxylic acid groups (broad SMARTS) is 1. The number of rotatable bonds is 2. The molecule has 2 aromatic carbocycles. The lowest BCUT2D eigenvalue weighted by atomic mass is 10.0. The van der Waals surface area contributed by atoms with Gasteiger partial charge in [0.1, 0.15) is 0 Å². The molecule has 0 aliphatic carbocycles. The van der Waals surface area contributed by atoms with Crippen molar-refractivity contribution in [3.05, 3.63) is 47.5 Å². The molecule has 0 heterocycles. The first-order valence-corrected chi connectivity index (χ1v) is 4.98. The molecule has 0 radical (unpaired) electrons. The van der Waals surface area contributed by atoms with Gasteiger partial charge in [-0.1, -0.05) is 24.3 Å². The first-order chi connectivity index (χ1) is 8.15. The van der Waals surface area contributed by atoms with Crippen LogP contribution < -0.4 is 0 Å². The van der Waals surface area contributed by atoms with Crippen molar-refractivity contribution in [1.29, 1.82) is 0 Å². The number of ether oxygens (including phenoxy) is 1. The van der Waals surface area contributed by atoms with E-state index in [0.29, 0.717) is 16.3 Å². The smallest absolute Gasteiger partial charge is 0.338 e. The molecule has 0 bridgehead atoms. The second-order valence-corrected chi connectivity index (χ2v) is 3.50. The molecule has 0 aliphatic rings. The molecule has 0 saturated heterocycles. The van der Waals surface area contributed by atoms with Gasteiger partial charge in [-0.2, -0.15) is 0 Å². The number of esters is 1. The number of benzene rings is 2. The van der Waals surface area contributed by atoms with Crippen molar-refractivity contribution in [3.8, 4) is 0 Å². The third kappa shape index (κ3) is 1.85. The Labute approximate surface area is 97.4 Å². The third-order valence-corrected chi connectivity index (χ3v) is 2.56. The van der Waals surface area contributed by atoms with Gasteiger partial charge in [0.2, 0.25) is 0 Å². The van der Waals surface area contributed by atoms with Gasteiger partial charge in [-0.15, -0.1) is 0 Å². The quantitative estimate of drug-likeness (QED) is 0.804. The van der Waals surface area contributed by atoms with E-state index in [1.165, 1.54) is 13.2 Å². The van der Waals surface area contributed by atoms with Crippen molar-refractivity contribution in [2.75, 3.05) is 7.11 Å². The standard InChI is InChI=1S/C13H10O4/c1-17-13(16)11-7-3-4-8-9(11)5-2-6-10(8)12(14)15/h2-7H,1H3,(H,14,15). The summed E-state index contributed by atoms with van der Waals surface area (Å²) in [5.74, 6) is -1.49. The predicted octanol–water partition coefficient (Wildman–Crippen LogP) is 2.32. The van der Waals surface area contributed by atoms with Gasteiger partial charge in [-0.3, -0.25) is 0 Å². The number of carbonyl (C=O) groups is 2. The highest BCUT2D eigenvalue weighted by Crippen LogP contribution is 2.23. The molecular weight excluding hydrogens is 220 g/mol. The number of aromatic carboxylic acids is 1. The number of carbonyl (C=O) groups excluding carboxylic acids is 1. The monoisotopic (exact) mass is 230 g/mol. The molecule has 2 aromatic rings. The maximum Gasteiger partial charge on any atom is 0.338 e. The molecule has 4 heteroatoms. The van der Waals surface area contributed by atoms with Crippen molar-refractivity contribution in [1.82, 2.24) is 0 Å². The molecular formula is C13H10O4. The Kier molecular flexibility index (Phi) is 2.78. The Morgan fingerprint density at radius 2 is 1.53 bits per heavy atom. The molecule has 1 N–H and O–H groups in total.